The number of hydrogen-bond acceptors (Lipinski definition) is 3. The van der Waals surface area contributed by atoms with Gasteiger partial charge in [0.2, 0.25) is 0 Å². The van der Waals surface area contributed by atoms with E-state index in [0.29, 0.717) is 6.61 Å². The lowest BCUT2D eigenvalue weighted by Gasteiger charge is -2.21. The van der Waals surface area contributed by atoms with E-state index in [1.807, 2.05) is 31.3 Å². The van der Waals surface area contributed by atoms with Crippen LogP contribution in [0.2, 0.25) is 0 Å². The van der Waals surface area contributed by atoms with Crippen molar-refractivity contribution in [2.75, 3.05) is 13.2 Å². The first-order valence-electron chi connectivity index (χ1n) is 7.19. The molecule has 0 bridgehead atoms. The lowest BCUT2D eigenvalue weighted by molar-refractivity contribution is 0.331. The van der Waals surface area contributed by atoms with Crippen LogP contribution >= 0.6 is 0 Å². The Morgan fingerprint density at radius 2 is 2.00 bits per heavy atom. The first-order valence-corrected chi connectivity index (χ1v) is 7.19. The molecule has 0 amide bonds. The molecule has 1 atom stereocenters. The molecule has 0 radical (unpaired) electrons. The molecular formula is C17H22N2O. The molecule has 2 aromatic rings. The third-order valence-corrected chi connectivity index (χ3v) is 3.21. The molecule has 0 saturated carbocycles. The Labute approximate surface area is 121 Å². The summed E-state index contributed by atoms with van der Waals surface area (Å²) in [5, 5.41) is 3.54. The Morgan fingerprint density at radius 1 is 1.15 bits per heavy atom. The molecule has 0 aliphatic carbocycles. The van der Waals surface area contributed by atoms with Gasteiger partial charge in [0, 0.05) is 24.0 Å². The van der Waals surface area contributed by atoms with E-state index in [1.165, 1.54) is 11.1 Å². The fourth-order valence-electron chi connectivity index (χ4n) is 2.35. The predicted octanol–water partition coefficient (Wildman–Crippen LogP) is 3.37. The van der Waals surface area contributed by atoms with Crippen molar-refractivity contribution < 1.29 is 4.74 Å². The van der Waals surface area contributed by atoms with Crippen molar-refractivity contribution >= 4 is 0 Å². The van der Waals surface area contributed by atoms with Crippen LogP contribution in [0.5, 0.6) is 5.75 Å². The van der Waals surface area contributed by atoms with Crippen LogP contribution in [0.15, 0.2) is 48.8 Å². The number of hydrogen-bond donors (Lipinski definition) is 1. The second-order valence-electron chi connectivity index (χ2n) is 4.65. The molecule has 1 aromatic heterocycles. The number of nitrogens with one attached hydrogen (secondary N) is 1. The van der Waals surface area contributed by atoms with Gasteiger partial charge in [-0.05, 0) is 37.6 Å². The second-order valence-corrected chi connectivity index (χ2v) is 4.65. The average Bonchev–Trinajstić information content (AvgIpc) is 2.49. The first kappa shape index (κ1) is 14.5. The Balaban J connectivity index is 2.24. The molecule has 3 nitrogen and oxygen atoms in total. The van der Waals surface area contributed by atoms with Gasteiger partial charge in [0.05, 0.1) is 6.61 Å². The van der Waals surface area contributed by atoms with Gasteiger partial charge in [-0.15, -0.1) is 0 Å². The SMILES string of the molecule is CCNC(Cc1cccnc1)c1ccccc1OCC. The average molecular weight is 270 g/mol. The van der Waals surface area contributed by atoms with E-state index in [4.69, 9.17) is 4.74 Å². The molecule has 0 fully saturated rings. The highest BCUT2D eigenvalue weighted by molar-refractivity contribution is 5.37. The molecule has 20 heavy (non-hydrogen) atoms. The summed E-state index contributed by atoms with van der Waals surface area (Å²) in [5.41, 5.74) is 2.44. The van der Waals surface area contributed by atoms with Crippen LogP contribution in [0.1, 0.15) is 31.0 Å². The van der Waals surface area contributed by atoms with E-state index in [9.17, 15) is 0 Å². The number of ether oxygens (including phenoxy) is 1. The van der Waals surface area contributed by atoms with Crippen molar-refractivity contribution in [3.63, 3.8) is 0 Å². The van der Waals surface area contributed by atoms with Gasteiger partial charge in [0.1, 0.15) is 5.75 Å². The fourth-order valence-corrected chi connectivity index (χ4v) is 2.35. The zero-order chi connectivity index (χ0) is 14.2. The zero-order valence-corrected chi connectivity index (χ0v) is 12.2. The molecule has 0 saturated heterocycles. The predicted molar refractivity (Wildman–Crippen MR) is 82.0 cm³/mol. The molecule has 0 aliphatic heterocycles. The minimum Gasteiger partial charge on any atom is -0.494 e. The smallest absolute Gasteiger partial charge is 0.124 e. The number of likely N-dealkylation sites (N-methyl/N-ethyl adjacent to an activating group) is 1. The third kappa shape index (κ3) is 3.81. The summed E-state index contributed by atoms with van der Waals surface area (Å²) in [4.78, 5) is 4.19. The summed E-state index contributed by atoms with van der Waals surface area (Å²) in [6.07, 6.45) is 4.64. The van der Waals surface area contributed by atoms with Crippen molar-refractivity contribution in [2.45, 2.75) is 26.3 Å². The summed E-state index contributed by atoms with van der Waals surface area (Å²) < 4.78 is 5.75. The summed E-state index contributed by atoms with van der Waals surface area (Å²) in [6, 6.07) is 12.6. The maximum Gasteiger partial charge on any atom is 0.124 e. The quantitative estimate of drug-likeness (QED) is 0.837. The number of rotatable bonds is 7. The molecule has 106 valence electrons. The van der Waals surface area contributed by atoms with E-state index in [2.05, 4.69) is 35.4 Å². The van der Waals surface area contributed by atoms with Gasteiger partial charge in [-0.2, -0.15) is 0 Å². The van der Waals surface area contributed by atoms with Crippen LogP contribution in [0.25, 0.3) is 0 Å². The summed E-state index contributed by atoms with van der Waals surface area (Å²) in [5.74, 6) is 0.963. The topological polar surface area (TPSA) is 34.2 Å². The normalized spacial score (nSPS) is 12.1. The van der Waals surface area contributed by atoms with Gasteiger partial charge in [0.15, 0.2) is 0 Å². The number of para-hydroxylation sites is 1. The molecule has 0 spiro atoms. The van der Waals surface area contributed by atoms with Gasteiger partial charge < -0.3 is 10.1 Å². The van der Waals surface area contributed by atoms with E-state index >= 15 is 0 Å². The van der Waals surface area contributed by atoms with E-state index in [0.717, 1.165) is 18.7 Å². The number of benzene rings is 1. The highest BCUT2D eigenvalue weighted by atomic mass is 16.5. The number of nitrogens with zero attached hydrogens (tertiary/aromatic N) is 1. The molecule has 1 N–H and O–H groups in total. The molecule has 2 rings (SSSR count). The Bertz CT molecular complexity index is 513. The van der Waals surface area contributed by atoms with E-state index in [-0.39, 0.29) is 6.04 Å². The minimum atomic E-state index is 0.243. The lowest BCUT2D eigenvalue weighted by Crippen LogP contribution is -2.23. The molecule has 0 aliphatic rings. The van der Waals surface area contributed by atoms with Crippen LogP contribution < -0.4 is 10.1 Å². The minimum absolute atomic E-state index is 0.243. The Hall–Kier alpha value is -1.87. The maximum atomic E-state index is 5.75. The zero-order valence-electron chi connectivity index (χ0n) is 12.2. The first-order chi connectivity index (χ1) is 9.85. The lowest BCUT2D eigenvalue weighted by atomic mass is 9.99. The molecule has 1 unspecified atom stereocenters. The van der Waals surface area contributed by atoms with E-state index in [1.54, 1.807) is 6.20 Å². The largest absolute Gasteiger partial charge is 0.494 e. The highest BCUT2D eigenvalue weighted by Crippen LogP contribution is 2.27. The molecule has 1 heterocycles. The Kier molecular flexibility index (Phi) is 5.56. The van der Waals surface area contributed by atoms with Crippen LogP contribution in [0.4, 0.5) is 0 Å². The Morgan fingerprint density at radius 3 is 2.70 bits per heavy atom. The van der Waals surface area contributed by atoms with Gasteiger partial charge in [0.25, 0.3) is 0 Å². The van der Waals surface area contributed by atoms with Crippen LogP contribution in [-0.2, 0) is 6.42 Å². The van der Waals surface area contributed by atoms with Crippen molar-refractivity contribution in [2.24, 2.45) is 0 Å². The van der Waals surface area contributed by atoms with Gasteiger partial charge in [-0.1, -0.05) is 31.2 Å². The molecule has 3 heteroatoms. The van der Waals surface area contributed by atoms with Gasteiger partial charge in [-0.3, -0.25) is 4.98 Å². The molecule has 1 aromatic carbocycles. The second kappa shape index (κ2) is 7.65. The summed E-state index contributed by atoms with van der Waals surface area (Å²) in [6.45, 7) is 5.74. The van der Waals surface area contributed by atoms with Crippen LogP contribution in [0.3, 0.4) is 0 Å². The molecular weight excluding hydrogens is 248 g/mol. The summed E-state index contributed by atoms with van der Waals surface area (Å²) >= 11 is 0. The van der Waals surface area contributed by atoms with Crippen molar-refractivity contribution in [1.29, 1.82) is 0 Å². The fraction of sp³-hybridized carbons (Fsp3) is 0.353. The number of aromatic nitrogens is 1. The van der Waals surface area contributed by atoms with Gasteiger partial charge >= 0.3 is 0 Å². The number of pyridine rings is 1. The van der Waals surface area contributed by atoms with E-state index < -0.39 is 0 Å². The highest BCUT2D eigenvalue weighted by Gasteiger charge is 2.15. The third-order valence-electron chi connectivity index (χ3n) is 3.21. The van der Waals surface area contributed by atoms with Crippen molar-refractivity contribution in [1.82, 2.24) is 10.3 Å². The van der Waals surface area contributed by atoms with Crippen LogP contribution in [-0.4, -0.2) is 18.1 Å². The van der Waals surface area contributed by atoms with Crippen LogP contribution in [0, 0.1) is 0 Å². The maximum absolute atomic E-state index is 5.75. The van der Waals surface area contributed by atoms with Gasteiger partial charge in [-0.25, -0.2) is 0 Å². The summed E-state index contributed by atoms with van der Waals surface area (Å²) in [7, 11) is 0. The van der Waals surface area contributed by atoms with Crippen molar-refractivity contribution in [3.8, 4) is 5.75 Å². The monoisotopic (exact) mass is 270 g/mol. The van der Waals surface area contributed by atoms with Crippen molar-refractivity contribution in [3.05, 3.63) is 59.9 Å². The standard InChI is InChI=1S/C17H22N2O/c1-3-19-16(12-14-8-7-11-18-13-14)15-9-5-6-10-17(15)20-4-2/h5-11,13,16,19H,3-4,12H2,1-2H3.